The first-order valence-electron chi connectivity index (χ1n) is 6.47. The predicted molar refractivity (Wildman–Crippen MR) is 74.4 cm³/mol. The van der Waals surface area contributed by atoms with E-state index in [0.717, 1.165) is 5.56 Å². The minimum atomic E-state index is -0.623. The lowest BCUT2D eigenvalue weighted by Gasteiger charge is -2.26. The zero-order chi connectivity index (χ0) is 15.0. The Morgan fingerprint density at radius 2 is 1.86 bits per heavy atom. The SMILES string of the molecule is O=[N+]([O-])c1ccccc1C1OCCc2cc(O)c(O)cc21. The van der Waals surface area contributed by atoms with Crippen molar-refractivity contribution in [3.8, 4) is 11.5 Å². The number of fused-ring (bicyclic) bond motifs is 1. The standard InChI is InChI=1S/C15H13NO5/c17-13-7-9-5-6-21-15(11(9)8-14(13)18)10-3-1-2-4-12(10)16(19)20/h1-4,7-8,15,17-18H,5-6H2. The van der Waals surface area contributed by atoms with Crippen LogP contribution in [0, 0.1) is 10.1 Å². The summed E-state index contributed by atoms with van der Waals surface area (Å²) in [6.45, 7) is 0.397. The third-order valence-corrected chi connectivity index (χ3v) is 3.59. The van der Waals surface area contributed by atoms with Gasteiger partial charge < -0.3 is 14.9 Å². The molecule has 0 amide bonds. The number of benzene rings is 2. The van der Waals surface area contributed by atoms with Crippen molar-refractivity contribution in [2.75, 3.05) is 6.61 Å². The maximum absolute atomic E-state index is 11.2. The lowest BCUT2D eigenvalue weighted by molar-refractivity contribution is -0.386. The van der Waals surface area contributed by atoms with E-state index in [2.05, 4.69) is 0 Å². The Kier molecular flexibility index (Phi) is 3.23. The number of para-hydroxylation sites is 1. The number of ether oxygens (including phenoxy) is 1. The van der Waals surface area contributed by atoms with Gasteiger partial charge in [-0.2, -0.15) is 0 Å². The topological polar surface area (TPSA) is 92.8 Å². The molecule has 1 atom stereocenters. The van der Waals surface area contributed by atoms with Crippen LogP contribution in [0.2, 0.25) is 0 Å². The molecule has 1 heterocycles. The fourth-order valence-corrected chi connectivity index (χ4v) is 2.61. The van der Waals surface area contributed by atoms with Crippen LogP contribution in [0.5, 0.6) is 11.5 Å². The Morgan fingerprint density at radius 1 is 1.14 bits per heavy atom. The van der Waals surface area contributed by atoms with Crippen LogP contribution in [-0.4, -0.2) is 21.7 Å². The van der Waals surface area contributed by atoms with Crippen molar-refractivity contribution in [3.63, 3.8) is 0 Å². The summed E-state index contributed by atoms with van der Waals surface area (Å²) in [6.07, 6.45) is -0.0397. The Hall–Kier alpha value is -2.60. The molecule has 0 bridgehead atoms. The maximum atomic E-state index is 11.2. The van der Waals surface area contributed by atoms with E-state index in [-0.39, 0.29) is 17.2 Å². The minimum Gasteiger partial charge on any atom is -0.504 e. The summed E-state index contributed by atoms with van der Waals surface area (Å²) in [7, 11) is 0. The van der Waals surface area contributed by atoms with Gasteiger partial charge in [-0.05, 0) is 35.7 Å². The van der Waals surface area contributed by atoms with Gasteiger partial charge in [0.2, 0.25) is 0 Å². The number of nitrogens with zero attached hydrogens (tertiary/aromatic N) is 1. The fourth-order valence-electron chi connectivity index (χ4n) is 2.61. The number of nitro groups is 1. The number of nitro benzene ring substituents is 1. The van der Waals surface area contributed by atoms with Gasteiger partial charge in [0.15, 0.2) is 11.5 Å². The van der Waals surface area contributed by atoms with Crippen molar-refractivity contribution in [3.05, 3.63) is 63.2 Å². The van der Waals surface area contributed by atoms with Crippen LogP contribution < -0.4 is 0 Å². The van der Waals surface area contributed by atoms with Gasteiger partial charge >= 0.3 is 0 Å². The first-order chi connectivity index (χ1) is 10.1. The van der Waals surface area contributed by atoms with Crippen LogP contribution in [-0.2, 0) is 11.2 Å². The molecular formula is C15H13NO5. The lowest BCUT2D eigenvalue weighted by Crippen LogP contribution is -2.18. The Balaban J connectivity index is 2.15. The third kappa shape index (κ3) is 2.30. The van der Waals surface area contributed by atoms with Gasteiger partial charge in [-0.15, -0.1) is 0 Å². The van der Waals surface area contributed by atoms with Crippen LogP contribution in [0.15, 0.2) is 36.4 Å². The van der Waals surface area contributed by atoms with Gasteiger partial charge in [0, 0.05) is 6.07 Å². The van der Waals surface area contributed by atoms with Crippen molar-refractivity contribution in [1.29, 1.82) is 0 Å². The zero-order valence-electron chi connectivity index (χ0n) is 11.0. The summed E-state index contributed by atoms with van der Waals surface area (Å²) < 4.78 is 5.68. The maximum Gasteiger partial charge on any atom is 0.275 e. The van der Waals surface area contributed by atoms with E-state index >= 15 is 0 Å². The van der Waals surface area contributed by atoms with Crippen molar-refractivity contribution in [2.24, 2.45) is 0 Å². The molecule has 6 heteroatoms. The molecule has 0 saturated carbocycles. The second-order valence-electron chi connectivity index (χ2n) is 4.86. The molecule has 1 aliphatic rings. The summed E-state index contributed by atoms with van der Waals surface area (Å²) in [5, 5.41) is 30.4. The molecule has 0 fully saturated rings. The number of phenols is 2. The number of hydrogen-bond donors (Lipinski definition) is 2. The van der Waals surface area contributed by atoms with Gasteiger partial charge in [-0.25, -0.2) is 0 Å². The lowest BCUT2D eigenvalue weighted by atomic mass is 9.91. The molecule has 3 rings (SSSR count). The number of hydrogen-bond acceptors (Lipinski definition) is 5. The first kappa shape index (κ1) is 13.4. The molecule has 0 spiro atoms. The predicted octanol–water partition coefficient (Wildman–Crippen LogP) is 2.67. The second-order valence-corrected chi connectivity index (χ2v) is 4.86. The normalized spacial score (nSPS) is 17.2. The summed E-state index contributed by atoms with van der Waals surface area (Å²) in [6, 6.07) is 9.26. The van der Waals surface area contributed by atoms with Crippen LogP contribution in [0.1, 0.15) is 22.8 Å². The highest BCUT2D eigenvalue weighted by Gasteiger charge is 2.29. The molecule has 0 radical (unpaired) electrons. The fraction of sp³-hybridized carbons (Fsp3) is 0.200. The van der Waals surface area contributed by atoms with Crippen molar-refractivity contribution >= 4 is 5.69 Å². The quantitative estimate of drug-likeness (QED) is 0.503. The largest absolute Gasteiger partial charge is 0.504 e. The molecule has 2 aromatic rings. The summed E-state index contributed by atoms with van der Waals surface area (Å²) in [5.74, 6) is -0.459. The van der Waals surface area contributed by atoms with Gasteiger partial charge in [-0.3, -0.25) is 10.1 Å². The highest BCUT2D eigenvalue weighted by molar-refractivity contribution is 5.52. The molecular weight excluding hydrogens is 274 g/mol. The molecule has 0 aromatic heterocycles. The van der Waals surface area contributed by atoms with Crippen LogP contribution >= 0.6 is 0 Å². The third-order valence-electron chi connectivity index (χ3n) is 3.59. The monoisotopic (exact) mass is 287 g/mol. The van der Waals surface area contributed by atoms with E-state index < -0.39 is 11.0 Å². The Labute approximate surface area is 120 Å². The van der Waals surface area contributed by atoms with E-state index in [9.17, 15) is 20.3 Å². The summed E-state index contributed by atoms with van der Waals surface area (Å²) in [5.41, 5.74) is 1.88. The van der Waals surface area contributed by atoms with Crippen molar-refractivity contribution in [2.45, 2.75) is 12.5 Å². The number of rotatable bonds is 2. The highest BCUT2D eigenvalue weighted by Crippen LogP contribution is 2.40. The molecule has 2 N–H and O–H groups in total. The van der Waals surface area contributed by atoms with Gasteiger partial charge in [0.05, 0.1) is 17.1 Å². The van der Waals surface area contributed by atoms with Gasteiger partial charge in [0.1, 0.15) is 6.10 Å². The summed E-state index contributed by atoms with van der Waals surface area (Å²) in [4.78, 5) is 10.7. The van der Waals surface area contributed by atoms with Crippen molar-refractivity contribution in [1.82, 2.24) is 0 Å². The molecule has 108 valence electrons. The van der Waals surface area contributed by atoms with Crippen LogP contribution in [0.3, 0.4) is 0 Å². The van der Waals surface area contributed by atoms with E-state index in [1.165, 1.54) is 18.2 Å². The smallest absolute Gasteiger partial charge is 0.275 e. The molecule has 1 unspecified atom stereocenters. The summed E-state index contributed by atoms with van der Waals surface area (Å²) >= 11 is 0. The van der Waals surface area contributed by atoms with Crippen LogP contribution in [0.25, 0.3) is 0 Å². The highest BCUT2D eigenvalue weighted by atomic mass is 16.6. The van der Waals surface area contributed by atoms with E-state index in [0.29, 0.717) is 24.2 Å². The van der Waals surface area contributed by atoms with E-state index in [4.69, 9.17) is 4.74 Å². The molecule has 6 nitrogen and oxygen atoms in total. The Morgan fingerprint density at radius 3 is 2.62 bits per heavy atom. The average Bonchev–Trinajstić information content (AvgIpc) is 2.48. The first-order valence-corrected chi connectivity index (χ1v) is 6.47. The van der Waals surface area contributed by atoms with Crippen molar-refractivity contribution < 1.29 is 19.9 Å². The Bertz CT molecular complexity index is 713. The van der Waals surface area contributed by atoms with Gasteiger partial charge in [-0.1, -0.05) is 12.1 Å². The molecule has 0 aliphatic carbocycles. The van der Waals surface area contributed by atoms with E-state index in [1.54, 1.807) is 18.2 Å². The van der Waals surface area contributed by atoms with Crippen LogP contribution in [0.4, 0.5) is 5.69 Å². The molecule has 0 saturated heterocycles. The number of phenolic OH excluding ortho intramolecular Hbond substituents is 2. The second kappa shape index (κ2) is 5.06. The van der Waals surface area contributed by atoms with Gasteiger partial charge in [0.25, 0.3) is 5.69 Å². The molecule has 21 heavy (non-hydrogen) atoms. The molecule has 2 aromatic carbocycles. The average molecular weight is 287 g/mol. The van der Waals surface area contributed by atoms with E-state index in [1.807, 2.05) is 0 Å². The number of aromatic hydroxyl groups is 2. The molecule has 1 aliphatic heterocycles. The minimum absolute atomic E-state index is 0.0251. The zero-order valence-corrected chi connectivity index (χ0v) is 11.0.